The van der Waals surface area contributed by atoms with E-state index in [0.29, 0.717) is 0 Å². The second-order valence-corrected chi connectivity index (χ2v) is 2.41. The van der Waals surface area contributed by atoms with E-state index in [4.69, 9.17) is 0 Å². The first-order chi connectivity index (χ1) is 3.55. The Bertz CT molecular complexity index is 102. The van der Waals surface area contributed by atoms with Crippen molar-refractivity contribution in [3.63, 3.8) is 0 Å². The van der Waals surface area contributed by atoms with Crippen molar-refractivity contribution in [2.24, 2.45) is 0 Å². The SMILES string of the molecule is [CH2-]C(C)=C(C)[C-](C)C.[CH3-].[CH3-].[Ni].[V]. The van der Waals surface area contributed by atoms with Gasteiger partial charge in [-0.3, -0.25) is 0 Å². The van der Waals surface area contributed by atoms with Gasteiger partial charge in [0.05, 0.1) is 0 Å². The van der Waals surface area contributed by atoms with Crippen molar-refractivity contribution in [2.75, 3.05) is 0 Å². The average molecular weight is 250 g/mol. The minimum absolute atomic E-state index is 0. The van der Waals surface area contributed by atoms with Gasteiger partial charge in [-0.1, -0.05) is 0 Å². The van der Waals surface area contributed by atoms with E-state index in [0.717, 1.165) is 0 Å². The van der Waals surface area contributed by atoms with E-state index in [1.807, 2.05) is 6.92 Å². The molecule has 0 saturated carbocycles. The summed E-state index contributed by atoms with van der Waals surface area (Å²) >= 11 is 0. The molecule has 2 heteroatoms. The standard InChI is InChI=1S/C8H14.2CH3.Ni.V/c1-6(2)8(5)7(3)4;;;;/h1H2,2-5H3;2*1H3;;/q-2;2*-1;;. The summed E-state index contributed by atoms with van der Waals surface area (Å²) in [6.45, 7) is 12.1. The van der Waals surface area contributed by atoms with Crippen molar-refractivity contribution >= 4 is 0 Å². The van der Waals surface area contributed by atoms with Gasteiger partial charge in [0, 0.05) is 35.0 Å². The Kier molecular flexibility index (Phi) is 34.5. The first-order valence-electron chi connectivity index (χ1n) is 2.85. The summed E-state index contributed by atoms with van der Waals surface area (Å²) in [4.78, 5) is 0. The van der Waals surface area contributed by atoms with E-state index in [9.17, 15) is 0 Å². The van der Waals surface area contributed by atoms with Crippen LogP contribution in [0.4, 0.5) is 0 Å². The molecule has 0 fully saturated rings. The molecular formula is C10H20NiV-4. The maximum absolute atomic E-state index is 3.82. The zero-order valence-corrected chi connectivity index (χ0v) is 11.4. The minimum Gasteiger partial charge on any atom is -0.367 e. The molecule has 12 heavy (non-hydrogen) atoms. The van der Waals surface area contributed by atoms with Crippen molar-refractivity contribution in [3.05, 3.63) is 38.8 Å². The molecule has 0 aromatic rings. The van der Waals surface area contributed by atoms with Crippen LogP contribution in [0, 0.1) is 27.7 Å². The number of allylic oxidation sites excluding steroid dienone is 2. The molecular weight excluding hydrogens is 230 g/mol. The molecule has 0 heterocycles. The van der Waals surface area contributed by atoms with E-state index >= 15 is 0 Å². The van der Waals surface area contributed by atoms with Gasteiger partial charge < -0.3 is 38.8 Å². The Balaban J connectivity index is -0.0000000408. The fourth-order valence-corrected chi connectivity index (χ4v) is 0.427. The summed E-state index contributed by atoms with van der Waals surface area (Å²) in [5.74, 6) is 1.36. The largest absolute Gasteiger partial charge is 0.367 e. The van der Waals surface area contributed by atoms with Gasteiger partial charge in [0.1, 0.15) is 0 Å². The van der Waals surface area contributed by atoms with Crippen molar-refractivity contribution in [3.8, 4) is 0 Å². The van der Waals surface area contributed by atoms with Gasteiger partial charge in [-0.15, -0.1) is 27.7 Å². The Morgan fingerprint density at radius 1 is 1.08 bits per heavy atom. The second kappa shape index (κ2) is 14.1. The fourth-order valence-electron chi connectivity index (χ4n) is 0.427. The molecule has 0 bridgehead atoms. The molecule has 0 atom stereocenters. The Morgan fingerprint density at radius 3 is 1.33 bits per heavy atom. The Hall–Kier alpha value is 0.558. The third-order valence-corrected chi connectivity index (χ3v) is 1.39. The van der Waals surface area contributed by atoms with Crippen LogP contribution in [0.15, 0.2) is 11.1 Å². The molecule has 79 valence electrons. The minimum atomic E-state index is 0. The second-order valence-electron chi connectivity index (χ2n) is 2.41. The van der Waals surface area contributed by atoms with Gasteiger partial charge in [0.2, 0.25) is 0 Å². The molecule has 0 spiro atoms. The normalized spacial score (nSPS) is 8.67. The zero-order valence-electron chi connectivity index (χ0n) is 8.97. The van der Waals surface area contributed by atoms with Gasteiger partial charge in [-0.25, -0.2) is 0 Å². The summed E-state index contributed by atoms with van der Waals surface area (Å²) in [6.07, 6.45) is 0. The van der Waals surface area contributed by atoms with E-state index in [2.05, 4.69) is 27.7 Å². The number of hydrogen-bond donors (Lipinski definition) is 0. The van der Waals surface area contributed by atoms with Crippen molar-refractivity contribution in [2.45, 2.75) is 27.7 Å². The van der Waals surface area contributed by atoms with Gasteiger partial charge in [0.25, 0.3) is 0 Å². The molecule has 0 amide bonds. The summed E-state index contributed by atoms with van der Waals surface area (Å²) in [6, 6.07) is 0. The predicted octanol–water partition coefficient (Wildman–Crippen LogP) is 3.67. The van der Waals surface area contributed by atoms with Crippen LogP contribution >= 0.6 is 0 Å². The van der Waals surface area contributed by atoms with E-state index < -0.39 is 0 Å². The molecule has 0 aliphatic rings. The molecule has 0 nitrogen and oxygen atoms in total. The molecule has 0 aliphatic heterocycles. The zero-order chi connectivity index (χ0) is 6.73. The van der Waals surface area contributed by atoms with Gasteiger partial charge >= 0.3 is 0 Å². The first kappa shape index (κ1) is 29.4. The van der Waals surface area contributed by atoms with Crippen molar-refractivity contribution in [1.29, 1.82) is 0 Å². The molecule has 0 aromatic carbocycles. The summed E-state index contributed by atoms with van der Waals surface area (Å²) in [5.41, 5.74) is 2.50. The molecule has 0 aromatic heterocycles. The monoisotopic (exact) mass is 249 g/mol. The van der Waals surface area contributed by atoms with Gasteiger partial charge in [-0.2, -0.15) is 0 Å². The maximum atomic E-state index is 3.82. The van der Waals surface area contributed by atoms with Crippen LogP contribution in [0.3, 0.4) is 0 Å². The smallest absolute Gasteiger partial charge is 0 e. The predicted molar refractivity (Wildman–Crippen MR) is 51.2 cm³/mol. The Morgan fingerprint density at radius 2 is 1.33 bits per heavy atom. The maximum Gasteiger partial charge on any atom is 0 e. The molecule has 1 radical (unpaired) electrons. The van der Waals surface area contributed by atoms with Crippen LogP contribution in [-0.2, 0) is 35.0 Å². The molecule has 0 N–H and O–H groups in total. The first-order valence-corrected chi connectivity index (χ1v) is 2.85. The third kappa shape index (κ3) is 13.2. The van der Waals surface area contributed by atoms with Crippen LogP contribution < -0.4 is 0 Å². The van der Waals surface area contributed by atoms with Gasteiger partial charge in [-0.05, 0) is 0 Å². The molecule has 0 saturated heterocycles. The summed E-state index contributed by atoms with van der Waals surface area (Å²) < 4.78 is 0. The Labute approximate surface area is 101 Å². The molecule has 0 aliphatic carbocycles. The third-order valence-electron chi connectivity index (χ3n) is 1.39. The summed E-state index contributed by atoms with van der Waals surface area (Å²) in [7, 11) is 0. The summed E-state index contributed by atoms with van der Waals surface area (Å²) in [5, 5.41) is 0. The topological polar surface area (TPSA) is 0 Å². The average Bonchev–Trinajstić information content (AvgIpc) is 1.64. The number of rotatable bonds is 1. The van der Waals surface area contributed by atoms with Gasteiger partial charge in [0.15, 0.2) is 0 Å². The van der Waals surface area contributed by atoms with Crippen LogP contribution in [-0.4, -0.2) is 0 Å². The van der Waals surface area contributed by atoms with Crippen LogP contribution in [0.25, 0.3) is 0 Å². The van der Waals surface area contributed by atoms with Crippen LogP contribution in [0.1, 0.15) is 27.7 Å². The van der Waals surface area contributed by atoms with Crippen molar-refractivity contribution in [1.82, 2.24) is 0 Å². The van der Waals surface area contributed by atoms with Crippen molar-refractivity contribution < 1.29 is 35.0 Å². The van der Waals surface area contributed by atoms with E-state index in [-0.39, 0.29) is 49.9 Å². The number of hydrogen-bond acceptors (Lipinski definition) is 0. The van der Waals surface area contributed by atoms with E-state index in [1.54, 1.807) is 0 Å². The van der Waals surface area contributed by atoms with E-state index in [1.165, 1.54) is 17.1 Å². The molecule has 0 unspecified atom stereocenters. The van der Waals surface area contributed by atoms with Crippen LogP contribution in [0.5, 0.6) is 0 Å². The quantitative estimate of drug-likeness (QED) is 0.492. The van der Waals surface area contributed by atoms with Crippen LogP contribution in [0.2, 0.25) is 0 Å². The fraction of sp³-hybridized carbons (Fsp3) is 0.400. The molecule has 0 rings (SSSR count).